The van der Waals surface area contributed by atoms with Crippen LogP contribution in [0.4, 0.5) is 0 Å². The number of methoxy groups -OCH3 is 1. The quantitative estimate of drug-likeness (QED) is 0.478. The molecule has 0 aliphatic heterocycles. The van der Waals surface area contributed by atoms with E-state index in [1.807, 2.05) is 60.7 Å². The van der Waals surface area contributed by atoms with Crippen molar-refractivity contribution in [3.8, 4) is 5.75 Å². The molecule has 3 aromatic rings. The second kappa shape index (κ2) is 9.50. The number of hydrazone groups is 1. The first-order chi connectivity index (χ1) is 14.0. The Morgan fingerprint density at radius 2 is 1.69 bits per heavy atom. The average Bonchev–Trinajstić information content (AvgIpc) is 2.76. The topological polar surface area (TPSA) is 79.8 Å². The van der Waals surface area contributed by atoms with E-state index in [-0.39, 0.29) is 18.2 Å². The van der Waals surface area contributed by atoms with E-state index in [9.17, 15) is 9.59 Å². The number of benzene rings is 3. The van der Waals surface area contributed by atoms with Gasteiger partial charge < -0.3 is 10.1 Å². The van der Waals surface area contributed by atoms with Gasteiger partial charge in [-0.1, -0.05) is 42.5 Å². The Labute approximate surface area is 169 Å². The van der Waals surface area contributed by atoms with Crippen molar-refractivity contribution in [1.82, 2.24) is 10.7 Å². The molecule has 0 aromatic heterocycles. The zero-order valence-electron chi connectivity index (χ0n) is 16.4. The Morgan fingerprint density at radius 1 is 0.966 bits per heavy atom. The van der Waals surface area contributed by atoms with Crippen LogP contribution in [-0.2, 0) is 11.3 Å². The molecule has 2 N–H and O–H groups in total. The molecule has 0 bridgehead atoms. The van der Waals surface area contributed by atoms with Crippen molar-refractivity contribution in [2.75, 3.05) is 7.11 Å². The van der Waals surface area contributed by atoms with Gasteiger partial charge >= 0.3 is 0 Å². The normalized spacial score (nSPS) is 11.2. The molecule has 29 heavy (non-hydrogen) atoms. The number of hydrogen-bond acceptors (Lipinski definition) is 4. The van der Waals surface area contributed by atoms with Crippen molar-refractivity contribution >= 4 is 28.3 Å². The van der Waals surface area contributed by atoms with Crippen molar-refractivity contribution in [1.29, 1.82) is 0 Å². The first-order valence-electron chi connectivity index (χ1n) is 9.27. The Morgan fingerprint density at radius 3 is 2.41 bits per heavy atom. The Hall–Kier alpha value is -3.67. The summed E-state index contributed by atoms with van der Waals surface area (Å²) in [5, 5.41) is 8.92. The van der Waals surface area contributed by atoms with E-state index >= 15 is 0 Å². The molecule has 0 heterocycles. The number of carbonyl (C=O) groups is 2. The molecular weight excluding hydrogens is 366 g/mol. The van der Waals surface area contributed by atoms with E-state index in [1.165, 1.54) is 0 Å². The number of nitrogens with one attached hydrogen (secondary N) is 2. The van der Waals surface area contributed by atoms with E-state index in [2.05, 4.69) is 15.8 Å². The third-order valence-corrected chi connectivity index (χ3v) is 4.43. The standard InChI is InChI=1S/C23H23N3O3/c1-16(13-22(27)24-15-17-7-11-21(29-2)12-8-17)25-26-23(28)20-10-9-18-5-3-4-6-19(18)14-20/h3-12,14H,13,15H2,1-2H3,(H,24,27)(H,26,28)/b25-16-. The first kappa shape index (κ1) is 20.1. The maximum atomic E-state index is 12.3. The van der Waals surface area contributed by atoms with Crippen LogP contribution >= 0.6 is 0 Å². The van der Waals surface area contributed by atoms with E-state index in [0.29, 0.717) is 17.8 Å². The predicted molar refractivity (Wildman–Crippen MR) is 114 cm³/mol. The maximum absolute atomic E-state index is 12.3. The molecule has 6 heteroatoms. The Balaban J connectivity index is 1.50. The van der Waals surface area contributed by atoms with Gasteiger partial charge in [0.15, 0.2) is 0 Å². The van der Waals surface area contributed by atoms with Crippen LogP contribution < -0.4 is 15.5 Å². The second-order valence-corrected chi connectivity index (χ2v) is 6.65. The van der Waals surface area contributed by atoms with Crippen LogP contribution in [0.15, 0.2) is 71.8 Å². The molecule has 6 nitrogen and oxygen atoms in total. The highest BCUT2D eigenvalue weighted by Gasteiger charge is 2.07. The summed E-state index contributed by atoms with van der Waals surface area (Å²) in [7, 11) is 1.61. The fraction of sp³-hybridized carbons (Fsp3) is 0.174. The van der Waals surface area contributed by atoms with Crippen molar-refractivity contribution in [3.63, 3.8) is 0 Å². The molecule has 0 atom stereocenters. The van der Waals surface area contributed by atoms with E-state index in [4.69, 9.17) is 4.74 Å². The molecule has 2 amide bonds. The summed E-state index contributed by atoms with van der Waals surface area (Å²) in [6.45, 7) is 2.12. The fourth-order valence-corrected chi connectivity index (χ4v) is 2.82. The van der Waals surface area contributed by atoms with Gasteiger partial charge in [-0.2, -0.15) is 5.10 Å². The van der Waals surface area contributed by atoms with Crippen molar-refractivity contribution < 1.29 is 14.3 Å². The van der Waals surface area contributed by atoms with Gasteiger partial charge in [0.2, 0.25) is 5.91 Å². The molecule has 148 valence electrons. The molecular formula is C23H23N3O3. The molecule has 0 saturated carbocycles. The molecule has 0 unspecified atom stereocenters. The van der Waals surface area contributed by atoms with Crippen molar-refractivity contribution in [3.05, 3.63) is 77.9 Å². The van der Waals surface area contributed by atoms with Gasteiger partial charge in [-0.15, -0.1) is 0 Å². The third kappa shape index (κ3) is 5.65. The summed E-state index contributed by atoms with van der Waals surface area (Å²) in [6, 6.07) is 20.8. The number of rotatable bonds is 7. The average molecular weight is 389 g/mol. The Kier molecular flexibility index (Phi) is 6.58. The molecule has 0 fully saturated rings. The largest absolute Gasteiger partial charge is 0.497 e. The summed E-state index contributed by atoms with van der Waals surface area (Å²) in [5.41, 5.74) is 4.52. The van der Waals surface area contributed by atoms with Crippen LogP contribution in [0.1, 0.15) is 29.3 Å². The Bertz CT molecular complexity index is 1040. The summed E-state index contributed by atoms with van der Waals surface area (Å²) >= 11 is 0. The first-order valence-corrected chi connectivity index (χ1v) is 9.27. The van der Waals surface area contributed by atoms with E-state index in [1.54, 1.807) is 20.1 Å². The molecule has 0 aliphatic rings. The van der Waals surface area contributed by atoms with Gasteiger partial charge in [-0.05, 0) is 47.5 Å². The molecule has 3 aromatic carbocycles. The third-order valence-electron chi connectivity index (χ3n) is 4.43. The summed E-state index contributed by atoms with van der Waals surface area (Å²) < 4.78 is 5.11. The number of hydrogen-bond donors (Lipinski definition) is 2. The monoisotopic (exact) mass is 389 g/mol. The van der Waals surface area contributed by atoms with Crippen LogP contribution in [0.5, 0.6) is 5.75 Å². The van der Waals surface area contributed by atoms with Crippen molar-refractivity contribution in [2.45, 2.75) is 19.9 Å². The number of nitrogens with zero attached hydrogens (tertiary/aromatic N) is 1. The second-order valence-electron chi connectivity index (χ2n) is 6.65. The van der Waals surface area contributed by atoms with E-state index < -0.39 is 0 Å². The minimum atomic E-state index is -0.311. The summed E-state index contributed by atoms with van der Waals surface area (Å²) in [6.07, 6.45) is 0.105. The van der Waals surface area contributed by atoms with Gasteiger partial charge in [0, 0.05) is 17.8 Å². The van der Waals surface area contributed by atoms with Crippen LogP contribution in [0, 0.1) is 0 Å². The number of ether oxygens (including phenoxy) is 1. The molecule has 0 saturated heterocycles. The van der Waals surface area contributed by atoms with Gasteiger partial charge in [-0.25, -0.2) is 5.43 Å². The van der Waals surface area contributed by atoms with E-state index in [0.717, 1.165) is 22.1 Å². The van der Waals surface area contributed by atoms with Crippen molar-refractivity contribution in [2.24, 2.45) is 5.10 Å². The fourth-order valence-electron chi connectivity index (χ4n) is 2.82. The van der Waals surface area contributed by atoms with Crippen LogP contribution in [-0.4, -0.2) is 24.6 Å². The highest BCUT2D eigenvalue weighted by atomic mass is 16.5. The number of amides is 2. The van der Waals surface area contributed by atoms with Gasteiger partial charge in [0.25, 0.3) is 5.91 Å². The maximum Gasteiger partial charge on any atom is 0.271 e. The highest BCUT2D eigenvalue weighted by Crippen LogP contribution is 2.15. The van der Waals surface area contributed by atoms with Crippen LogP contribution in [0.3, 0.4) is 0 Å². The smallest absolute Gasteiger partial charge is 0.271 e. The SMILES string of the molecule is COc1ccc(CNC(=O)C/C(C)=N\NC(=O)c2ccc3ccccc3c2)cc1. The van der Waals surface area contributed by atoms with Crippen LogP contribution in [0.2, 0.25) is 0 Å². The van der Waals surface area contributed by atoms with Gasteiger partial charge in [0.1, 0.15) is 5.75 Å². The van der Waals surface area contributed by atoms with Gasteiger partial charge in [-0.3, -0.25) is 9.59 Å². The minimum absolute atomic E-state index is 0.105. The number of carbonyl (C=O) groups excluding carboxylic acids is 2. The molecule has 0 spiro atoms. The highest BCUT2D eigenvalue weighted by molar-refractivity contribution is 6.02. The minimum Gasteiger partial charge on any atom is -0.497 e. The summed E-state index contributed by atoms with van der Waals surface area (Å²) in [5.74, 6) is 0.293. The summed E-state index contributed by atoms with van der Waals surface area (Å²) in [4.78, 5) is 24.4. The number of fused-ring (bicyclic) bond motifs is 1. The molecule has 0 aliphatic carbocycles. The van der Waals surface area contributed by atoms with Gasteiger partial charge in [0.05, 0.1) is 13.5 Å². The predicted octanol–water partition coefficient (Wildman–Crippen LogP) is 3.66. The lowest BCUT2D eigenvalue weighted by Crippen LogP contribution is -2.26. The molecule has 3 rings (SSSR count). The van der Waals surface area contributed by atoms with Crippen LogP contribution in [0.25, 0.3) is 10.8 Å². The zero-order valence-corrected chi connectivity index (χ0v) is 16.4. The zero-order chi connectivity index (χ0) is 20.6. The molecule has 0 radical (unpaired) electrons. The lowest BCUT2D eigenvalue weighted by molar-refractivity contribution is -0.120. The lowest BCUT2D eigenvalue weighted by atomic mass is 10.1. The lowest BCUT2D eigenvalue weighted by Gasteiger charge is -2.07.